The van der Waals surface area contributed by atoms with Crippen LogP contribution in [0.1, 0.15) is 33.6 Å². The Hall–Kier alpha value is -1.30. The third kappa shape index (κ3) is 3.60. The van der Waals surface area contributed by atoms with E-state index in [1.807, 2.05) is 0 Å². The summed E-state index contributed by atoms with van der Waals surface area (Å²) in [5.41, 5.74) is -1.74. The van der Waals surface area contributed by atoms with Gasteiger partial charge in [0.1, 0.15) is 0 Å². The molecule has 1 fully saturated rings. The van der Waals surface area contributed by atoms with Crippen molar-refractivity contribution >= 4 is 12.0 Å². The van der Waals surface area contributed by atoms with E-state index >= 15 is 0 Å². The first kappa shape index (κ1) is 14.8. The fraction of sp³-hybridized carbons (Fsp3) is 0.833. The summed E-state index contributed by atoms with van der Waals surface area (Å²) in [6.07, 6.45) is 2.22. The zero-order valence-corrected chi connectivity index (χ0v) is 11.1. The second kappa shape index (κ2) is 5.14. The number of carbonyl (C=O) groups excluding carboxylic acids is 1. The smallest absolute Gasteiger partial charge is 0.337 e. The van der Waals surface area contributed by atoms with Crippen molar-refractivity contribution in [2.75, 3.05) is 13.1 Å². The molecule has 0 radical (unpaired) electrons. The molecule has 4 N–H and O–H groups in total. The van der Waals surface area contributed by atoms with E-state index in [9.17, 15) is 14.7 Å². The van der Waals surface area contributed by atoms with Crippen LogP contribution in [-0.4, -0.2) is 40.9 Å². The van der Waals surface area contributed by atoms with Crippen LogP contribution >= 0.6 is 0 Å². The van der Waals surface area contributed by atoms with Crippen molar-refractivity contribution in [3.63, 3.8) is 0 Å². The van der Waals surface area contributed by atoms with E-state index in [4.69, 9.17) is 5.11 Å². The van der Waals surface area contributed by atoms with Crippen molar-refractivity contribution in [2.24, 2.45) is 11.3 Å². The van der Waals surface area contributed by atoms with Gasteiger partial charge in [-0.3, -0.25) is 0 Å². The van der Waals surface area contributed by atoms with Gasteiger partial charge in [0.15, 0.2) is 5.60 Å². The lowest BCUT2D eigenvalue weighted by Crippen LogP contribution is -2.50. The van der Waals surface area contributed by atoms with Crippen LogP contribution in [0.25, 0.3) is 0 Å². The molecule has 1 aliphatic rings. The molecule has 0 spiro atoms. The van der Waals surface area contributed by atoms with Crippen LogP contribution < -0.4 is 10.6 Å². The Labute approximate surface area is 107 Å². The fourth-order valence-electron chi connectivity index (χ4n) is 1.77. The Morgan fingerprint density at radius 3 is 2.28 bits per heavy atom. The Kier molecular flexibility index (Phi) is 4.21. The minimum Gasteiger partial charge on any atom is -0.479 e. The molecule has 0 bridgehead atoms. The average molecular weight is 258 g/mol. The van der Waals surface area contributed by atoms with Crippen molar-refractivity contribution in [3.05, 3.63) is 0 Å². The molecule has 1 saturated carbocycles. The third-order valence-electron chi connectivity index (χ3n) is 3.77. The zero-order valence-electron chi connectivity index (χ0n) is 11.1. The number of aliphatic carboxylic acids is 1. The zero-order chi connectivity index (χ0) is 14.0. The highest BCUT2D eigenvalue weighted by molar-refractivity contribution is 5.79. The van der Waals surface area contributed by atoms with Crippen LogP contribution in [0.15, 0.2) is 0 Å². The molecule has 0 aromatic carbocycles. The highest BCUT2D eigenvalue weighted by Crippen LogP contribution is 2.51. The molecule has 0 aromatic rings. The lowest BCUT2D eigenvalue weighted by molar-refractivity contribution is -0.155. The first-order chi connectivity index (χ1) is 8.19. The summed E-state index contributed by atoms with van der Waals surface area (Å²) in [6.45, 7) is 5.67. The molecule has 0 aromatic heterocycles. The Morgan fingerprint density at radius 2 is 1.89 bits per heavy atom. The van der Waals surface area contributed by atoms with Gasteiger partial charge in [-0.05, 0) is 31.1 Å². The monoisotopic (exact) mass is 258 g/mol. The maximum Gasteiger partial charge on any atom is 0.337 e. The maximum atomic E-state index is 11.5. The Morgan fingerprint density at radius 1 is 1.33 bits per heavy atom. The van der Waals surface area contributed by atoms with Crippen molar-refractivity contribution in [1.29, 1.82) is 0 Å². The summed E-state index contributed by atoms with van der Waals surface area (Å²) in [7, 11) is 0. The van der Waals surface area contributed by atoms with E-state index in [0.29, 0.717) is 12.5 Å². The van der Waals surface area contributed by atoms with Crippen LogP contribution in [0.2, 0.25) is 0 Å². The number of urea groups is 1. The molecule has 18 heavy (non-hydrogen) atoms. The van der Waals surface area contributed by atoms with Gasteiger partial charge in [-0.1, -0.05) is 13.8 Å². The summed E-state index contributed by atoms with van der Waals surface area (Å²) >= 11 is 0. The number of rotatable bonds is 6. The maximum absolute atomic E-state index is 11.5. The van der Waals surface area contributed by atoms with Crippen LogP contribution in [0.4, 0.5) is 4.79 Å². The van der Waals surface area contributed by atoms with Gasteiger partial charge >= 0.3 is 12.0 Å². The van der Waals surface area contributed by atoms with Crippen LogP contribution in [0.3, 0.4) is 0 Å². The van der Waals surface area contributed by atoms with Gasteiger partial charge in [-0.25, -0.2) is 9.59 Å². The molecule has 104 valence electrons. The van der Waals surface area contributed by atoms with Crippen LogP contribution in [0.5, 0.6) is 0 Å². The number of hydrogen-bond donors (Lipinski definition) is 4. The summed E-state index contributed by atoms with van der Waals surface area (Å²) in [6, 6.07) is -0.441. The summed E-state index contributed by atoms with van der Waals surface area (Å²) in [5, 5.41) is 23.2. The number of aliphatic hydroxyl groups is 1. The number of amides is 2. The minimum absolute atomic E-state index is 0.201. The van der Waals surface area contributed by atoms with E-state index in [1.54, 1.807) is 0 Å². The minimum atomic E-state index is -1.94. The summed E-state index contributed by atoms with van der Waals surface area (Å²) in [5.74, 6) is -0.844. The molecule has 6 nitrogen and oxygen atoms in total. The van der Waals surface area contributed by atoms with Gasteiger partial charge in [0.25, 0.3) is 0 Å². The lowest BCUT2D eigenvalue weighted by atomic mass is 9.92. The molecule has 1 aliphatic carbocycles. The predicted molar refractivity (Wildman–Crippen MR) is 66.2 cm³/mol. The standard InChI is InChI=1S/C12H22N2O4/c1-8(2)12(4-5-12)7-14-10(17)13-6-11(3,18)9(15)16/h8,18H,4-7H2,1-3H3,(H,15,16)(H2,13,14,17). The summed E-state index contributed by atoms with van der Waals surface area (Å²) < 4.78 is 0. The molecule has 1 rings (SSSR count). The molecule has 0 saturated heterocycles. The first-order valence-electron chi connectivity index (χ1n) is 6.17. The normalized spacial score (nSPS) is 20.1. The number of carboxylic acid groups (broad SMARTS) is 1. The van der Waals surface area contributed by atoms with E-state index in [0.717, 1.165) is 19.8 Å². The van der Waals surface area contributed by atoms with Gasteiger partial charge in [-0.2, -0.15) is 0 Å². The number of hydrogen-bond acceptors (Lipinski definition) is 3. The fourth-order valence-corrected chi connectivity index (χ4v) is 1.77. The highest BCUT2D eigenvalue weighted by atomic mass is 16.4. The van der Waals surface area contributed by atoms with E-state index in [2.05, 4.69) is 24.5 Å². The van der Waals surface area contributed by atoms with Crippen LogP contribution in [0, 0.1) is 11.3 Å². The van der Waals surface area contributed by atoms with Gasteiger partial charge in [-0.15, -0.1) is 0 Å². The SMILES string of the molecule is CC(C)C1(CNC(=O)NCC(C)(O)C(=O)O)CC1. The van der Waals surface area contributed by atoms with E-state index in [1.165, 1.54) is 0 Å². The second-order valence-electron chi connectivity index (χ2n) is 5.63. The highest BCUT2D eigenvalue weighted by Gasteiger charge is 2.45. The van der Waals surface area contributed by atoms with Crippen molar-refractivity contribution in [1.82, 2.24) is 10.6 Å². The van der Waals surface area contributed by atoms with Crippen LogP contribution in [-0.2, 0) is 4.79 Å². The Bertz CT molecular complexity index is 335. The molecule has 0 heterocycles. The molecular formula is C12H22N2O4. The molecule has 0 aliphatic heterocycles. The van der Waals surface area contributed by atoms with Gasteiger partial charge in [0.05, 0.1) is 6.54 Å². The molecule has 1 unspecified atom stereocenters. The molecule has 6 heteroatoms. The number of nitrogens with one attached hydrogen (secondary N) is 2. The van der Waals surface area contributed by atoms with Gasteiger partial charge < -0.3 is 20.8 Å². The molecular weight excluding hydrogens is 236 g/mol. The third-order valence-corrected chi connectivity index (χ3v) is 3.77. The summed E-state index contributed by atoms with van der Waals surface area (Å²) in [4.78, 5) is 22.1. The lowest BCUT2D eigenvalue weighted by Gasteiger charge is -2.22. The second-order valence-corrected chi connectivity index (χ2v) is 5.63. The van der Waals surface area contributed by atoms with Gasteiger partial charge in [0.2, 0.25) is 0 Å². The molecule has 2 amide bonds. The first-order valence-corrected chi connectivity index (χ1v) is 6.17. The molecule has 1 atom stereocenters. The van der Waals surface area contributed by atoms with Crippen molar-refractivity contribution < 1.29 is 19.8 Å². The van der Waals surface area contributed by atoms with Gasteiger partial charge in [0, 0.05) is 6.54 Å². The predicted octanol–water partition coefficient (Wildman–Crippen LogP) is 0.557. The Balaban J connectivity index is 2.29. The average Bonchev–Trinajstić information content (AvgIpc) is 3.04. The van der Waals surface area contributed by atoms with Crippen molar-refractivity contribution in [2.45, 2.75) is 39.2 Å². The van der Waals surface area contributed by atoms with E-state index in [-0.39, 0.29) is 12.0 Å². The largest absolute Gasteiger partial charge is 0.479 e. The van der Waals surface area contributed by atoms with Crippen molar-refractivity contribution in [3.8, 4) is 0 Å². The quantitative estimate of drug-likeness (QED) is 0.559. The topological polar surface area (TPSA) is 98.7 Å². The number of carboxylic acids is 1. The van der Waals surface area contributed by atoms with E-state index < -0.39 is 17.6 Å². The number of carbonyl (C=O) groups is 2.